The van der Waals surface area contributed by atoms with Gasteiger partial charge < -0.3 is 10.4 Å². The van der Waals surface area contributed by atoms with Crippen molar-refractivity contribution in [3.05, 3.63) is 21.3 Å². The number of nitrogens with one attached hydrogen (secondary N) is 1. The normalized spacial score (nSPS) is 26.3. The van der Waals surface area contributed by atoms with Crippen molar-refractivity contribution in [1.82, 2.24) is 5.32 Å². The van der Waals surface area contributed by atoms with Crippen molar-refractivity contribution in [2.45, 2.75) is 31.4 Å². The molecule has 2 nitrogen and oxygen atoms in total. The van der Waals surface area contributed by atoms with Gasteiger partial charge in [0.2, 0.25) is 0 Å². The van der Waals surface area contributed by atoms with E-state index in [9.17, 15) is 5.11 Å². The average molecular weight is 292 g/mol. The molecule has 0 aliphatic carbocycles. The van der Waals surface area contributed by atoms with Gasteiger partial charge in [-0.1, -0.05) is 18.5 Å². The summed E-state index contributed by atoms with van der Waals surface area (Å²) in [7, 11) is 0. The summed E-state index contributed by atoms with van der Waals surface area (Å²) in [4.78, 5) is 1.26. The summed E-state index contributed by atoms with van der Waals surface area (Å²) in [5.74, 6) is 1.92. The summed E-state index contributed by atoms with van der Waals surface area (Å²) in [6.07, 6.45) is 1.91. The lowest BCUT2D eigenvalue weighted by Gasteiger charge is -2.25. The zero-order valence-electron chi connectivity index (χ0n) is 9.91. The molecule has 0 amide bonds. The Hall–Kier alpha value is 0.260. The molecule has 17 heavy (non-hydrogen) atoms. The summed E-state index contributed by atoms with van der Waals surface area (Å²) < 4.78 is 0.829. The van der Waals surface area contributed by atoms with Gasteiger partial charge in [-0.15, -0.1) is 11.3 Å². The van der Waals surface area contributed by atoms with Gasteiger partial charge in [0.1, 0.15) is 0 Å². The highest BCUT2D eigenvalue weighted by atomic mass is 35.5. The van der Waals surface area contributed by atoms with Gasteiger partial charge in [-0.05, 0) is 30.7 Å². The van der Waals surface area contributed by atoms with Crippen LogP contribution in [0.4, 0.5) is 0 Å². The van der Waals surface area contributed by atoms with E-state index < -0.39 is 5.60 Å². The largest absolute Gasteiger partial charge is 0.388 e. The Morgan fingerprint density at radius 3 is 2.94 bits per heavy atom. The monoisotopic (exact) mass is 291 g/mol. The average Bonchev–Trinajstić information content (AvgIpc) is 2.90. The van der Waals surface area contributed by atoms with Crippen LogP contribution >= 0.6 is 34.7 Å². The van der Waals surface area contributed by atoms with E-state index in [1.807, 2.05) is 17.8 Å². The summed E-state index contributed by atoms with van der Waals surface area (Å²) in [6.45, 7) is 2.83. The van der Waals surface area contributed by atoms with E-state index in [0.29, 0.717) is 12.6 Å². The minimum atomic E-state index is -0.515. The standard InChI is InChI=1S/C12H18ClNOS2/c1-2-9(10-3-4-11(13)17-10)14-7-12(15)5-6-16-8-12/h3-4,9,14-15H,2,5-8H2,1H3. The fourth-order valence-corrected chi connectivity index (χ4v) is 4.53. The smallest absolute Gasteiger partial charge is 0.0931 e. The first kappa shape index (κ1) is 13.7. The molecule has 1 aromatic heterocycles. The molecular weight excluding hydrogens is 274 g/mol. The predicted molar refractivity (Wildman–Crippen MR) is 77.3 cm³/mol. The van der Waals surface area contributed by atoms with E-state index in [0.717, 1.165) is 28.7 Å². The van der Waals surface area contributed by atoms with E-state index in [-0.39, 0.29) is 0 Å². The molecule has 0 spiro atoms. The van der Waals surface area contributed by atoms with Crippen molar-refractivity contribution in [2.24, 2.45) is 0 Å². The van der Waals surface area contributed by atoms with Gasteiger partial charge in [0.15, 0.2) is 0 Å². The molecule has 1 saturated heterocycles. The fraction of sp³-hybridized carbons (Fsp3) is 0.667. The number of hydrogen-bond acceptors (Lipinski definition) is 4. The van der Waals surface area contributed by atoms with Crippen molar-refractivity contribution >= 4 is 34.7 Å². The molecule has 2 unspecified atom stereocenters. The Kier molecular flexibility index (Phi) is 4.78. The third kappa shape index (κ3) is 3.61. The molecule has 2 N–H and O–H groups in total. The Balaban J connectivity index is 1.91. The molecule has 0 radical (unpaired) electrons. The Morgan fingerprint density at radius 2 is 2.41 bits per heavy atom. The minimum absolute atomic E-state index is 0.308. The summed E-state index contributed by atoms with van der Waals surface area (Å²) in [5, 5.41) is 13.8. The Bertz CT molecular complexity index is 363. The SMILES string of the molecule is CCC(NCC1(O)CCSC1)c1ccc(Cl)s1. The minimum Gasteiger partial charge on any atom is -0.388 e. The Morgan fingerprint density at radius 1 is 1.59 bits per heavy atom. The summed E-state index contributed by atoms with van der Waals surface area (Å²) in [5.41, 5.74) is -0.515. The second-order valence-corrected chi connectivity index (χ2v) is 7.36. The molecule has 96 valence electrons. The molecule has 1 aromatic rings. The maximum atomic E-state index is 10.3. The third-order valence-corrected chi connectivity index (χ3v) is 5.68. The highest BCUT2D eigenvalue weighted by Crippen LogP contribution is 2.31. The van der Waals surface area contributed by atoms with Crippen LogP contribution < -0.4 is 5.32 Å². The van der Waals surface area contributed by atoms with Gasteiger partial charge in [-0.2, -0.15) is 11.8 Å². The lowest BCUT2D eigenvalue weighted by Crippen LogP contribution is -2.41. The van der Waals surface area contributed by atoms with E-state index in [2.05, 4.69) is 18.3 Å². The summed E-state index contributed by atoms with van der Waals surface area (Å²) in [6, 6.07) is 4.32. The van der Waals surface area contributed by atoms with Crippen molar-refractivity contribution in [1.29, 1.82) is 0 Å². The molecule has 0 aromatic carbocycles. The Labute approximate surface area is 116 Å². The van der Waals surface area contributed by atoms with Gasteiger partial charge >= 0.3 is 0 Å². The molecular formula is C12H18ClNOS2. The zero-order chi connectivity index (χ0) is 12.3. The molecule has 0 saturated carbocycles. The molecule has 2 heterocycles. The maximum absolute atomic E-state index is 10.3. The lowest BCUT2D eigenvalue weighted by atomic mass is 10.0. The van der Waals surface area contributed by atoms with Crippen molar-refractivity contribution in [3.8, 4) is 0 Å². The van der Waals surface area contributed by atoms with Crippen LogP contribution in [-0.2, 0) is 0 Å². The highest BCUT2D eigenvalue weighted by molar-refractivity contribution is 7.99. The van der Waals surface area contributed by atoms with Gasteiger partial charge in [-0.25, -0.2) is 0 Å². The second kappa shape index (κ2) is 5.93. The van der Waals surface area contributed by atoms with Crippen LogP contribution in [0.1, 0.15) is 30.7 Å². The van der Waals surface area contributed by atoms with E-state index in [1.165, 1.54) is 4.88 Å². The number of hydrogen-bond donors (Lipinski definition) is 2. The molecule has 2 rings (SSSR count). The predicted octanol–water partition coefficient (Wildman–Crippen LogP) is 3.31. The van der Waals surface area contributed by atoms with E-state index >= 15 is 0 Å². The quantitative estimate of drug-likeness (QED) is 0.873. The number of halogens is 1. The van der Waals surface area contributed by atoms with Crippen LogP contribution in [0.3, 0.4) is 0 Å². The van der Waals surface area contributed by atoms with Gasteiger partial charge in [0.25, 0.3) is 0 Å². The number of thioether (sulfide) groups is 1. The highest BCUT2D eigenvalue weighted by Gasteiger charge is 2.32. The van der Waals surface area contributed by atoms with Crippen LogP contribution in [0.25, 0.3) is 0 Å². The molecule has 0 bridgehead atoms. The van der Waals surface area contributed by atoms with E-state index in [1.54, 1.807) is 11.3 Å². The van der Waals surface area contributed by atoms with Gasteiger partial charge in [-0.3, -0.25) is 0 Å². The van der Waals surface area contributed by atoms with Crippen molar-refractivity contribution in [2.75, 3.05) is 18.1 Å². The van der Waals surface area contributed by atoms with E-state index in [4.69, 9.17) is 11.6 Å². The van der Waals surface area contributed by atoms with Crippen LogP contribution in [0.5, 0.6) is 0 Å². The lowest BCUT2D eigenvalue weighted by molar-refractivity contribution is 0.0645. The van der Waals surface area contributed by atoms with Crippen LogP contribution in [0, 0.1) is 0 Å². The zero-order valence-corrected chi connectivity index (χ0v) is 12.3. The van der Waals surface area contributed by atoms with Crippen LogP contribution in [0.15, 0.2) is 12.1 Å². The number of aliphatic hydroxyl groups is 1. The molecule has 1 aliphatic rings. The summed E-state index contributed by atoms with van der Waals surface area (Å²) >= 11 is 9.40. The van der Waals surface area contributed by atoms with Crippen LogP contribution in [0.2, 0.25) is 4.34 Å². The first-order valence-corrected chi connectivity index (χ1v) is 8.26. The number of thiophene rings is 1. The van der Waals surface area contributed by atoms with Gasteiger partial charge in [0.05, 0.1) is 9.94 Å². The number of rotatable bonds is 5. The molecule has 5 heteroatoms. The van der Waals surface area contributed by atoms with Crippen molar-refractivity contribution in [3.63, 3.8) is 0 Å². The van der Waals surface area contributed by atoms with Crippen LogP contribution in [-0.4, -0.2) is 28.8 Å². The first-order chi connectivity index (χ1) is 8.13. The van der Waals surface area contributed by atoms with Gasteiger partial charge in [0, 0.05) is 23.2 Å². The second-order valence-electron chi connectivity index (χ2n) is 4.51. The topological polar surface area (TPSA) is 32.3 Å². The maximum Gasteiger partial charge on any atom is 0.0931 e. The van der Waals surface area contributed by atoms with Crippen molar-refractivity contribution < 1.29 is 5.11 Å². The fourth-order valence-electron chi connectivity index (χ4n) is 2.01. The third-order valence-electron chi connectivity index (χ3n) is 3.11. The molecule has 1 fully saturated rings. The molecule has 1 aliphatic heterocycles. The molecule has 2 atom stereocenters. The first-order valence-electron chi connectivity index (χ1n) is 5.92.